The van der Waals surface area contributed by atoms with Gasteiger partial charge in [-0.25, -0.2) is 0 Å². The van der Waals surface area contributed by atoms with Gasteiger partial charge in [0, 0.05) is 6.04 Å². The van der Waals surface area contributed by atoms with Gasteiger partial charge in [0.15, 0.2) is 0 Å². The van der Waals surface area contributed by atoms with Crippen LogP contribution in [0.25, 0.3) is 0 Å². The van der Waals surface area contributed by atoms with Gasteiger partial charge in [-0.3, -0.25) is 4.79 Å². The van der Waals surface area contributed by atoms with Crippen molar-refractivity contribution in [1.29, 1.82) is 0 Å². The Morgan fingerprint density at radius 1 is 1.35 bits per heavy atom. The largest absolute Gasteiger partial charge is 0.352 e. The molecule has 3 unspecified atom stereocenters. The topological polar surface area (TPSA) is 55.1 Å². The molecule has 0 spiro atoms. The van der Waals surface area contributed by atoms with Crippen molar-refractivity contribution in [2.45, 2.75) is 37.0 Å². The fourth-order valence-electron chi connectivity index (χ4n) is 3.38. The molecule has 3 atom stereocenters. The number of aryl methyl sites for hydroxylation is 1. The molecule has 1 heterocycles. The van der Waals surface area contributed by atoms with Gasteiger partial charge in [0.25, 0.3) is 0 Å². The van der Waals surface area contributed by atoms with E-state index in [9.17, 15) is 4.79 Å². The number of carbonyl (C=O) groups excluding carboxylic acids is 1. The van der Waals surface area contributed by atoms with Gasteiger partial charge in [-0.1, -0.05) is 30.7 Å². The first kappa shape index (κ1) is 14.0. The SMILES string of the molecule is NCC1CCCC1NC(=O)C1SCCc2ccccc21. The third-order valence-electron chi connectivity index (χ3n) is 4.52. The van der Waals surface area contributed by atoms with Crippen molar-refractivity contribution in [3.05, 3.63) is 35.4 Å². The van der Waals surface area contributed by atoms with Gasteiger partial charge in [0.1, 0.15) is 5.25 Å². The van der Waals surface area contributed by atoms with Crippen LogP contribution in [0.1, 0.15) is 35.6 Å². The lowest BCUT2D eigenvalue weighted by atomic mass is 10.00. The number of amides is 1. The van der Waals surface area contributed by atoms with Crippen LogP contribution in [0.15, 0.2) is 24.3 Å². The summed E-state index contributed by atoms with van der Waals surface area (Å²) < 4.78 is 0. The fraction of sp³-hybridized carbons (Fsp3) is 0.562. The summed E-state index contributed by atoms with van der Waals surface area (Å²) in [7, 11) is 0. The number of carbonyl (C=O) groups is 1. The van der Waals surface area contributed by atoms with Crippen molar-refractivity contribution in [2.75, 3.05) is 12.3 Å². The van der Waals surface area contributed by atoms with Crippen LogP contribution in [0.5, 0.6) is 0 Å². The van der Waals surface area contributed by atoms with Crippen LogP contribution in [0, 0.1) is 5.92 Å². The van der Waals surface area contributed by atoms with E-state index in [2.05, 4.69) is 23.5 Å². The third-order valence-corrected chi connectivity index (χ3v) is 5.76. The molecule has 1 amide bonds. The quantitative estimate of drug-likeness (QED) is 0.898. The Labute approximate surface area is 124 Å². The van der Waals surface area contributed by atoms with E-state index in [0.717, 1.165) is 25.0 Å². The van der Waals surface area contributed by atoms with Gasteiger partial charge in [-0.05, 0) is 48.6 Å². The summed E-state index contributed by atoms with van der Waals surface area (Å²) >= 11 is 1.76. The number of benzene rings is 1. The smallest absolute Gasteiger partial charge is 0.237 e. The molecule has 0 aromatic heterocycles. The number of hydrogen-bond acceptors (Lipinski definition) is 3. The van der Waals surface area contributed by atoms with E-state index in [-0.39, 0.29) is 17.2 Å². The summed E-state index contributed by atoms with van der Waals surface area (Å²) in [6.45, 7) is 0.680. The van der Waals surface area contributed by atoms with E-state index in [1.165, 1.54) is 17.5 Å². The summed E-state index contributed by atoms with van der Waals surface area (Å²) in [6, 6.07) is 8.62. The van der Waals surface area contributed by atoms with E-state index in [1.807, 2.05) is 6.07 Å². The van der Waals surface area contributed by atoms with Crippen LogP contribution >= 0.6 is 11.8 Å². The molecular weight excluding hydrogens is 268 g/mol. The molecule has 1 saturated carbocycles. The summed E-state index contributed by atoms with van der Waals surface area (Å²) in [5, 5.41) is 3.21. The predicted octanol–water partition coefficient (Wildman–Crippen LogP) is 2.26. The Morgan fingerprint density at radius 3 is 3.05 bits per heavy atom. The first-order chi connectivity index (χ1) is 9.79. The molecule has 4 heteroatoms. The van der Waals surface area contributed by atoms with Gasteiger partial charge in [0.05, 0.1) is 0 Å². The lowest BCUT2D eigenvalue weighted by molar-refractivity contribution is -0.121. The third kappa shape index (κ3) is 2.72. The van der Waals surface area contributed by atoms with E-state index < -0.39 is 0 Å². The first-order valence-corrected chi connectivity index (χ1v) is 8.54. The van der Waals surface area contributed by atoms with Gasteiger partial charge >= 0.3 is 0 Å². The van der Waals surface area contributed by atoms with Crippen molar-refractivity contribution >= 4 is 17.7 Å². The zero-order valence-corrected chi connectivity index (χ0v) is 12.5. The zero-order valence-electron chi connectivity index (χ0n) is 11.7. The first-order valence-electron chi connectivity index (χ1n) is 7.49. The Balaban J connectivity index is 1.72. The maximum Gasteiger partial charge on any atom is 0.237 e. The Kier molecular flexibility index (Phi) is 4.32. The number of fused-ring (bicyclic) bond motifs is 1. The predicted molar refractivity (Wildman–Crippen MR) is 83.7 cm³/mol. The van der Waals surface area contributed by atoms with Gasteiger partial charge < -0.3 is 11.1 Å². The molecular formula is C16H22N2OS. The van der Waals surface area contributed by atoms with Crippen molar-refractivity contribution in [3.8, 4) is 0 Å². The van der Waals surface area contributed by atoms with Crippen LogP contribution in [0.4, 0.5) is 0 Å². The highest BCUT2D eigenvalue weighted by atomic mass is 32.2. The average molecular weight is 290 g/mol. The molecule has 3 rings (SSSR count). The number of hydrogen-bond donors (Lipinski definition) is 2. The van der Waals surface area contributed by atoms with Crippen LogP contribution in [0.3, 0.4) is 0 Å². The highest BCUT2D eigenvalue weighted by Gasteiger charge is 2.32. The Bertz CT molecular complexity index is 491. The standard InChI is InChI=1S/C16H22N2OS/c17-10-12-5-3-7-14(12)18-16(19)15-13-6-2-1-4-11(13)8-9-20-15/h1-2,4,6,12,14-15H,3,5,7-10,17H2,(H,18,19). The fourth-order valence-corrected chi connectivity index (χ4v) is 4.58. The van der Waals surface area contributed by atoms with Crippen molar-refractivity contribution in [1.82, 2.24) is 5.32 Å². The summed E-state index contributed by atoms with van der Waals surface area (Å²) in [6.07, 6.45) is 4.48. The molecule has 0 saturated heterocycles. The van der Waals surface area contributed by atoms with Crippen LogP contribution in [-0.2, 0) is 11.2 Å². The van der Waals surface area contributed by atoms with Gasteiger partial charge in [-0.15, -0.1) is 11.8 Å². The number of nitrogens with two attached hydrogens (primary N) is 1. The molecule has 3 nitrogen and oxygen atoms in total. The highest BCUT2D eigenvalue weighted by Crippen LogP contribution is 2.37. The normalized spacial score (nSPS) is 28.9. The molecule has 1 aromatic carbocycles. The van der Waals surface area contributed by atoms with Crippen LogP contribution in [-0.4, -0.2) is 24.2 Å². The molecule has 1 aromatic rings. The minimum Gasteiger partial charge on any atom is -0.352 e. The molecule has 1 aliphatic heterocycles. The van der Waals surface area contributed by atoms with E-state index >= 15 is 0 Å². The second-order valence-electron chi connectivity index (χ2n) is 5.74. The lowest BCUT2D eigenvalue weighted by Gasteiger charge is -2.27. The lowest BCUT2D eigenvalue weighted by Crippen LogP contribution is -2.42. The molecule has 1 fully saturated rings. The maximum atomic E-state index is 12.6. The van der Waals surface area contributed by atoms with Gasteiger partial charge in [0.2, 0.25) is 5.91 Å². The molecule has 20 heavy (non-hydrogen) atoms. The average Bonchev–Trinajstić information content (AvgIpc) is 2.93. The number of rotatable bonds is 3. The van der Waals surface area contributed by atoms with Crippen molar-refractivity contribution in [2.24, 2.45) is 11.7 Å². The zero-order chi connectivity index (χ0) is 13.9. The molecule has 108 valence electrons. The number of thioether (sulfide) groups is 1. The minimum absolute atomic E-state index is 0.0426. The Hall–Kier alpha value is -1.00. The van der Waals surface area contributed by atoms with Crippen molar-refractivity contribution < 1.29 is 4.79 Å². The summed E-state index contributed by atoms with van der Waals surface area (Å²) in [4.78, 5) is 12.6. The van der Waals surface area contributed by atoms with E-state index in [0.29, 0.717) is 12.5 Å². The minimum atomic E-state index is -0.0426. The summed E-state index contributed by atoms with van der Waals surface area (Å²) in [5.74, 6) is 1.66. The summed E-state index contributed by atoms with van der Waals surface area (Å²) in [5.41, 5.74) is 8.32. The van der Waals surface area contributed by atoms with Gasteiger partial charge in [-0.2, -0.15) is 0 Å². The highest BCUT2D eigenvalue weighted by molar-refractivity contribution is 8.00. The van der Waals surface area contributed by atoms with Crippen LogP contribution in [0.2, 0.25) is 0 Å². The molecule has 0 radical (unpaired) electrons. The number of nitrogens with one attached hydrogen (secondary N) is 1. The molecule has 1 aliphatic carbocycles. The second-order valence-corrected chi connectivity index (χ2v) is 6.95. The van der Waals surface area contributed by atoms with Crippen molar-refractivity contribution in [3.63, 3.8) is 0 Å². The Morgan fingerprint density at radius 2 is 2.20 bits per heavy atom. The van der Waals surface area contributed by atoms with E-state index in [4.69, 9.17) is 5.73 Å². The molecule has 3 N–H and O–H groups in total. The molecule has 0 bridgehead atoms. The van der Waals surface area contributed by atoms with E-state index in [1.54, 1.807) is 11.8 Å². The monoisotopic (exact) mass is 290 g/mol. The molecule has 2 aliphatic rings. The maximum absolute atomic E-state index is 12.6. The van der Waals surface area contributed by atoms with Crippen LogP contribution < -0.4 is 11.1 Å². The second kappa shape index (κ2) is 6.19.